The number of nitrogens with zero attached hydrogens (tertiary/aromatic N) is 1. The maximum atomic E-state index is 13.3. The summed E-state index contributed by atoms with van der Waals surface area (Å²) < 4.78 is 27.8. The molecule has 0 aliphatic rings. The van der Waals surface area contributed by atoms with Crippen LogP contribution in [0.15, 0.2) is 83.8 Å². The number of sulfonamides is 1. The highest BCUT2D eigenvalue weighted by Crippen LogP contribution is 2.19. The van der Waals surface area contributed by atoms with Crippen molar-refractivity contribution < 1.29 is 18.0 Å². The van der Waals surface area contributed by atoms with E-state index >= 15 is 0 Å². The molecule has 0 spiro atoms. The monoisotopic (exact) mass is 465 g/mol. The van der Waals surface area contributed by atoms with E-state index in [0.717, 1.165) is 11.1 Å². The third-order valence-corrected chi connectivity index (χ3v) is 6.80. The number of anilines is 2. The van der Waals surface area contributed by atoms with Gasteiger partial charge in [0.25, 0.3) is 0 Å². The zero-order valence-corrected chi connectivity index (χ0v) is 19.4. The number of amides is 2. The molecule has 3 aromatic carbocycles. The van der Waals surface area contributed by atoms with Crippen molar-refractivity contribution in [2.45, 2.75) is 25.2 Å². The first-order valence-electron chi connectivity index (χ1n) is 10.5. The van der Waals surface area contributed by atoms with Crippen LogP contribution in [0, 0.1) is 6.92 Å². The minimum atomic E-state index is -3.88. The van der Waals surface area contributed by atoms with E-state index in [9.17, 15) is 18.0 Å². The van der Waals surface area contributed by atoms with Crippen LogP contribution in [0.4, 0.5) is 11.4 Å². The minimum absolute atomic E-state index is 0.140. The Bertz CT molecular complexity index is 1210. The Morgan fingerprint density at radius 2 is 1.48 bits per heavy atom. The summed E-state index contributed by atoms with van der Waals surface area (Å²) in [4.78, 5) is 24.2. The van der Waals surface area contributed by atoms with E-state index in [0.29, 0.717) is 17.8 Å². The van der Waals surface area contributed by atoms with Gasteiger partial charge in [-0.1, -0.05) is 54.1 Å². The van der Waals surface area contributed by atoms with Crippen molar-refractivity contribution in [3.63, 3.8) is 0 Å². The molecular weight excluding hydrogens is 438 g/mol. The summed E-state index contributed by atoms with van der Waals surface area (Å²) in [5.41, 5.74) is 2.92. The number of nitrogens with one attached hydrogen (secondary N) is 2. The lowest BCUT2D eigenvalue weighted by atomic mass is 10.1. The van der Waals surface area contributed by atoms with Crippen LogP contribution < -0.4 is 10.6 Å². The number of rotatable bonds is 9. The average Bonchev–Trinajstić information content (AvgIpc) is 2.77. The molecule has 0 saturated carbocycles. The standard InChI is InChI=1S/C25H27N3O4S/c1-19-11-13-24(14-12-19)33(31,32)28(16-15-21-7-4-3-5-8-21)18-25(30)27-23-10-6-9-22(17-23)26-20(2)29/h3-14,17H,15-16,18H2,1-2H3,(H,26,29)(H,27,30). The summed E-state index contributed by atoms with van der Waals surface area (Å²) >= 11 is 0. The Kier molecular flexibility index (Phi) is 7.97. The first-order chi connectivity index (χ1) is 15.7. The van der Waals surface area contributed by atoms with E-state index in [1.807, 2.05) is 37.3 Å². The van der Waals surface area contributed by atoms with Crippen molar-refractivity contribution in [1.82, 2.24) is 4.31 Å². The Morgan fingerprint density at radius 1 is 0.848 bits per heavy atom. The van der Waals surface area contributed by atoms with Gasteiger partial charge in [0, 0.05) is 24.8 Å². The summed E-state index contributed by atoms with van der Waals surface area (Å²) in [6.07, 6.45) is 0.469. The second-order valence-electron chi connectivity index (χ2n) is 7.70. The molecule has 33 heavy (non-hydrogen) atoms. The van der Waals surface area contributed by atoms with Crippen LogP contribution >= 0.6 is 0 Å². The van der Waals surface area contributed by atoms with Crippen LogP contribution in [0.2, 0.25) is 0 Å². The first kappa shape index (κ1) is 24.2. The van der Waals surface area contributed by atoms with E-state index in [1.165, 1.54) is 11.2 Å². The summed E-state index contributed by atoms with van der Waals surface area (Å²) in [6.45, 7) is 3.09. The van der Waals surface area contributed by atoms with Crippen molar-refractivity contribution in [2.24, 2.45) is 0 Å². The number of hydrogen-bond acceptors (Lipinski definition) is 4. The minimum Gasteiger partial charge on any atom is -0.326 e. The summed E-state index contributed by atoms with van der Waals surface area (Å²) in [6, 6.07) is 22.8. The van der Waals surface area contributed by atoms with Gasteiger partial charge in [0.05, 0.1) is 11.4 Å². The zero-order chi connectivity index (χ0) is 23.8. The second-order valence-corrected chi connectivity index (χ2v) is 9.64. The van der Waals surface area contributed by atoms with Crippen LogP contribution in [0.3, 0.4) is 0 Å². The zero-order valence-electron chi connectivity index (χ0n) is 18.6. The highest BCUT2D eigenvalue weighted by Gasteiger charge is 2.26. The smallest absolute Gasteiger partial charge is 0.243 e. The molecule has 0 aromatic heterocycles. The molecule has 0 fully saturated rings. The van der Waals surface area contributed by atoms with Crippen molar-refractivity contribution >= 4 is 33.2 Å². The molecule has 2 N–H and O–H groups in total. The predicted molar refractivity (Wildman–Crippen MR) is 129 cm³/mol. The highest BCUT2D eigenvalue weighted by atomic mass is 32.2. The largest absolute Gasteiger partial charge is 0.326 e. The maximum Gasteiger partial charge on any atom is 0.243 e. The molecule has 7 nitrogen and oxygen atoms in total. The van der Waals surface area contributed by atoms with Crippen LogP contribution in [0.5, 0.6) is 0 Å². The predicted octanol–water partition coefficient (Wildman–Crippen LogP) is 3.83. The molecule has 3 aromatic rings. The Balaban J connectivity index is 1.79. The van der Waals surface area contributed by atoms with Crippen LogP contribution in [-0.2, 0) is 26.0 Å². The Labute approximate surface area is 194 Å². The van der Waals surface area contributed by atoms with Crippen LogP contribution in [0.25, 0.3) is 0 Å². The lowest BCUT2D eigenvalue weighted by molar-refractivity contribution is -0.116. The molecule has 0 saturated heterocycles. The van der Waals surface area contributed by atoms with Gasteiger partial charge in [0.1, 0.15) is 0 Å². The molecular formula is C25H27N3O4S. The van der Waals surface area contributed by atoms with E-state index in [1.54, 1.807) is 48.5 Å². The fourth-order valence-corrected chi connectivity index (χ4v) is 4.68. The Hall–Kier alpha value is -3.49. The molecule has 0 atom stereocenters. The molecule has 172 valence electrons. The van der Waals surface area contributed by atoms with E-state index in [-0.39, 0.29) is 23.9 Å². The fraction of sp³-hybridized carbons (Fsp3) is 0.200. The van der Waals surface area contributed by atoms with Crippen LogP contribution in [-0.4, -0.2) is 37.6 Å². The average molecular weight is 466 g/mol. The lowest BCUT2D eigenvalue weighted by Crippen LogP contribution is -2.39. The molecule has 0 heterocycles. The van der Waals surface area contributed by atoms with Crippen molar-refractivity contribution in [1.29, 1.82) is 0 Å². The van der Waals surface area contributed by atoms with Gasteiger partial charge in [0.2, 0.25) is 21.8 Å². The quantitative estimate of drug-likeness (QED) is 0.502. The van der Waals surface area contributed by atoms with Gasteiger partial charge in [-0.05, 0) is 49.2 Å². The number of carbonyl (C=O) groups excluding carboxylic acids is 2. The molecule has 0 aliphatic carbocycles. The molecule has 0 aliphatic heterocycles. The summed E-state index contributed by atoms with van der Waals surface area (Å²) in [7, 11) is -3.88. The normalized spacial score (nSPS) is 11.2. The number of aryl methyl sites for hydroxylation is 1. The van der Waals surface area contributed by atoms with Gasteiger partial charge in [-0.3, -0.25) is 9.59 Å². The third-order valence-electron chi connectivity index (χ3n) is 4.94. The summed E-state index contributed by atoms with van der Waals surface area (Å²) in [5.74, 6) is -0.700. The number of benzene rings is 3. The molecule has 0 bridgehead atoms. The maximum absolute atomic E-state index is 13.3. The van der Waals surface area contributed by atoms with Gasteiger partial charge < -0.3 is 10.6 Å². The van der Waals surface area contributed by atoms with Gasteiger partial charge >= 0.3 is 0 Å². The molecule has 8 heteroatoms. The van der Waals surface area contributed by atoms with E-state index in [4.69, 9.17) is 0 Å². The van der Waals surface area contributed by atoms with Crippen molar-refractivity contribution in [3.8, 4) is 0 Å². The van der Waals surface area contributed by atoms with Crippen molar-refractivity contribution in [2.75, 3.05) is 23.7 Å². The number of carbonyl (C=O) groups is 2. The van der Waals surface area contributed by atoms with Gasteiger partial charge in [-0.25, -0.2) is 8.42 Å². The van der Waals surface area contributed by atoms with Crippen LogP contribution in [0.1, 0.15) is 18.1 Å². The molecule has 0 unspecified atom stereocenters. The van der Waals surface area contributed by atoms with E-state index < -0.39 is 15.9 Å². The fourth-order valence-electron chi connectivity index (χ4n) is 3.28. The Morgan fingerprint density at radius 3 is 2.12 bits per heavy atom. The third kappa shape index (κ3) is 7.00. The van der Waals surface area contributed by atoms with Crippen molar-refractivity contribution in [3.05, 3.63) is 90.0 Å². The number of hydrogen-bond donors (Lipinski definition) is 2. The first-order valence-corrected chi connectivity index (χ1v) is 12.0. The molecule has 0 radical (unpaired) electrons. The SMILES string of the molecule is CC(=O)Nc1cccc(NC(=O)CN(CCc2ccccc2)S(=O)(=O)c2ccc(C)cc2)c1. The molecule has 3 rings (SSSR count). The molecule has 2 amide bonds. The summed E-state index contributed by atoms with van der Waals surface area (Å²) in [5, 5.41) is 5.37. The van der Waals surface area contributed by atoms with E-state index in [2.05, 4.69) is 10.6 Å². The van der Waals surface area contributed by atoms with Gasteiger partial charge in [-0.2, -0.15) is 4.31 Å². The highest BCUT2D eigenvalue weighted by molar-refractivity contribution is 7.89. The topological polar surface area (TPSA) is 95.6 Å². The van der Waals surface area contributed by atoms with Gasteiger partial charge in [0.15, 0.2) is 0 Å². The second kappa shape index (κ2) is 10.9. The van der Waals surface area contributed by atoms with Gasteiger partial charge in [-0.15, -0.1) is 0 Å². The lowest BCUT2D eigenvalue weighted by Gasteiger charge is -2.22.